The maximum Gasteiger partial charge on any atom is 0.0318 e. The molecule has 2 aliphatic heterocycles. The molecule has 2 saturated heterocycles. The van der Waals surface area contributed by atoms with Gasteiger partial charge < -0.3 is 4.90 Å². The maximum atomic E-state index is 3.02. The molecule has 0 aliphatic carbocycles. The van der Waals surface area contributed by atoms with Crippen molar-refractivity contribution in [3.8, 4) is 0 Å². The van der Waals surface area contributed by atoms with Gasteiger partial charge in [-0.15, -0.1) is 0 Å². The minimum atomic E-state index is -0.671. The van der Waals surface area contributed by atoms with E-state index in [2.05, 4.69) is 184 Å². The first-order valence-corrected chi connectivity index (χ1v) is 25.4. The van der Waals surface area contributed by atoms with Crippen LogP contribution in [0, 0.1) is 0 Å². The highest BCUT2D eigenvalue weighted by molar-refractivity contribution is 7.82. The van der Waals surface area contributed by atoms with Crippen molar-refractivity contribution in [1.82, 2.24) is 9.34 Å². The minimum Gasteiger partial charge on any atom is -0.301 e. The molecule has 2 nitrogen and oxygen atoms in total. The highest BCUT2D eigenvalue weighted by Gasteiger charge is 2.39. The third-order valence-corrected chi connectivity index (χ3v) is 23.8. The number of hydrogen-bond donors (Lipinski definition) is 0. The van der Waals surface area contributed by atoms with Crippen molar-refractivity contribution in [3.05, 3.63) is 145 Å². The lowest BCUT2D eigenvalue weighted by Gasteiger charge is -2.41. The second kappa shape index (κ2) is 18.6. The van der Waals surface area contributed by atoms with Gasteiger partial charge in [0.1, 0.15) is 0 Å². The monoisotopic (exact) mass is 774 g/mol. The van der Waals surface area contributed by atoms with Crippen LogP contribution in [-0.4, -0.2) is 52.1 Å². The molecule has 0 saturated carbocycles. The van der Waals surface area contributed by atoms with E-state index in [0.29, 0.717) is 0 Å². The fraction of sp³-hybridized carbons (Fsp3) is 0.362. The molecule has 7 rings (SSSR count). The van der Waals surface area contributed by atoms with Gasteiger partial charge in [-0.1, -0.05) is 175 Å². The van der Waals surface area contributed by atoms with Crippen molar-refractivity contribution >= 4 is 63.8 Å². The van der Waals surface area contributed by atoms with Crippen molar-refractivity contribution < 1.29 is 0 Å². The number of rotatable bonds is 13. The third kappa shape index (κ3) is 9.24. The Morgan fingerprint density at radius 3 is 1.51 bits per heavy atom. The normalized spacial score (nSPS) is 21.3. The van der Waals surface area contributed by atoms with Crippen LogP contribution in [-0.2, 0) is 6.54 Å². The molecule has 0 aromatic heterocycles. The molecular weight excluding hydrogens is 716 g/mol. The summed E-state index contributed by atoms with van der Waals surface area (Å²) in [6.45, 7) is 13.3. The molecular formula is C47H58N2P4. The number of nitrogens with zero attached hydrogens (tertiary/aromatic N) is 2. The lowest BCUT2D eigenvalue weighted by atomic mass is 10.1. The van der Waals surface area contributed by atoms with Gasteiger partial charge in [-0.3, -0.25) is 4.44 Å². The van der Waals surface area contributed by atoms with Gasteiger partial charge in [0.05, 0.1) is 0 Å². The summed E-state index contributed by atoms with van der Waals surface area (Å²) < 4.78 is 3.02. The average molecular weight is 775 g/mol. The zero-order valence-electron chi connectivity index (χ0n) is 32.4. The van der Waals surface area contributed by atoms with Gasteiger partial charge in [0, 0.05) is 27.7 Å². The quantitative estimate of drug-likeness (QED) is 0.110. The molecule has 6 heteroatoms. The molecule has 0 amide bonds. The number of hydrogen-bond acceptors (Lipinski definition) is 2. The van der Waals surface area contributed by atoms with E-state index in [-0.39, 0.29) is 16.0 Å². The van der Waals surface area contributed by atoms with E-state index in [1.165, 1.54) is 58.9 Å². The Labute approximate surface area is 325 Å². The Hall–Kier alpha value is -2.26. The number of benzene rings is 5. The molecule has 4 atom stereocenters. The second-order valence-electron chi connectivity index (χ2n) is 15.3. The molecule has 276 valence electrons. The van der Waals surface area contributed by atoms with Crippen molar-refractivity contribution in [3.63, 3.8) is 0 Å². The molecule has 0 N–H and O–H groups in total. The summed E-state index contributed by atoms with van der Waals surface area (Å²) >= 11 is 0. The van der Waals surface area contributed by atoms with Gasteiger partial charge in [0.25, 0.3) is 0 Å². The van der Waals surface area contributed by atoms with E-state index >= 15 is 0 Å². The predicted octanol–water partition coefficient (Wildman–Crippen LogP) is 10.3. The molecule has 2 heterocycles. The lowest BCUT2D eigenvalue weighted by molar-refractivity contribution is 0.319. The van der Waals surface area contributed by atoms with E-state index in [4.69, 9.17) is 0 Å². The highest BCUT2D eigenvalue weighted by Crippen LogP contribution is 2.65. The van der Waals surface area contributed by atoms with Gasteiger partial charge >= 0.3 is 0 Å². The average Bonchev–Trinajstić information content (AvgIpc) is 3.52. The molecule has 53 heavy (non-hydrogen) atoms. The first-order valence-electron chi connectivity index (χ1n) is 19.8. The summed E-state index contributed by atoms with van der Waals surface area (Å²) in [5, 5.41) is 9.15. The largest absolute Gasteiger partial charge is 0.301 e. The summed E-state index contributed by atoms with van der Waals surface area (Å²) in [5.74, 6) is 0. The SMILES string of the molecule is C[C@@H]1CCC[C@@H](C)P1c1ccc(CN(C)CCN(P(c2ccccc2)c2ccccc2)P2[C@H](C)CC[C@H]2C)cc1P(c1ccccc1)c1ccccc1. The third-order valence-electron chi connectivity index (χ3n) is 11.3. The summed E-state index contributed by atoms with van der Waals surface area (Å²) in [6.07, 6.45) is 6.80. The number of likely N-dealkylation sites (N-methyl/N-ethyl adjacent to an activating group) is 1. The molecule has 0 spiro atoms. The van der Waals surface area contributed by atoms with Crippen LogP contribution >= 0.6 is 32.0 Å². The van der Waals surface area contributed by atoms with E-state index in [9.17, 15) is 0 Å². The Bertz CT molecular complexity index is 1760. The molecule has 2 fully saturated rings. The highest BCUT2D eigenvalue weighted by atomic mass is 31.2. The lowest BCUT2D eigenvalue weighted by Crippen LogP contribution is -2.36. The molecule has 5 aromatic rings. The second-order valence-corrected chi connectivity index (χ2v) is 26.0. The Morgan fingerprint density at radius 2 is 1.02 bits per heavy atom. The van der Waals surface area contributed by atoms with Gasteiger partial charge in [-0.2, -0.15) is 0 Å². The maximum absolute atomic E-state index is 3.02. The topological polar surface area (TPSA) is 6.48 Å². The fourth-order valence-corrected chi connectivity index (χ4v) is 22.5. The predicted molar refractivity (Wildman–Crippen MR) is 242 cm³/mol. The fourth-order valence-electron chi connectivity index (χ4n) is 8.70. The molecule has 2 aliphatic rings. The van der Waals surface area contributed by atoms with Crippen LogP contribution in [0.3, 0.4) is 0 Å². The Morgan fingerprint density at radius 1 is 0.547 bits per heavy atom. The van der Waals surface area contributed by atoms with Crippen molar-refractivity contribution in [2.24, 2.45) is 0 Å². The summed E-state index contributed by atoms with van der Waals surface area (Å²) in [6, 6.07) is 53.4. The van der Waals surface area contributed by atoms with Crippen molar-refractivity contribution in [2.75, 3.05) is 20.1 Å². The van der Waals surface area contributed by atoms with Crippen LogP contribution in [0.25, 0.3) is 0 Å². The van der Waals surface area contributed by atoms with Crippen LogP contribution in [0.4, 0.5) is 0 Å². The van der Waals surface area contributed by atoms with E-state index < -0.39 is 16.0 Å². The molecule has 5 aromatic carbocycles. The molecule has 0 bridgehead atoms. The summed E-state index contributed by atoms with van der Waals surface area (Å²) in [4.78, 5) is 2.61. The zero-order chi connectivity index (χ0) is 36.7. The standard InChI is InChI=1S/C47H58N2P4/c1-37-19-18-20-38(2)50(37)46-32-31-41(35-47(46)51(42-21-10-6-11-22-42)43-23-12-7-13-24-43)36-48(5)33-34-49(52-39(3)29-30-40(52)4)53(44-25-14-8-15-26-44)45-27-16-9-17-28-45/h6-17,21-28,31-32,35,37-40H,18-20,29-30,33-34,36H2,1-5H3/t37-,38-,39-,40-/m1/s1. The summed E-state index contributed by atoms with van der Waals surface area (Å²) in [5.41, 5.74) is 4.51. The van der Waals surface area contributed by atoms with Gasteiger partial charge in [0.15, 0.2) is 0 Å². The van der Waals surface area contributed by atoms with Gasteiger partial charge in [0.2, 0.25) is 0 Å². The van der Waals surface area contributed by atoms with Crippen LogP contribution in [0.5, 0.6) is 0 Å². The minimum absolute atomic E-state index is 0.237. The van der Waals surface area contributed by atoms with Crippen LogP contribution < -0.4 is 31.8 Å². The first kappa shape index (κ1) is 39.0. The van der Waals surface area contributed by atoms with Crippen molar-refractivity contribution in [1.29, 1.82) is 0 Å². The van der Waals surface area contributed by atoms with Crippen LogP contribution in [0.2, 0.25) is 0 Å². The van der Waals surface area contributed by atoms with E-state index in [1.807, 2.05) is 0 Å². The molecule has 0 radical (unpaired) electrons. The Balaban J connectivity index is 1.22. The zero-order valence-corrected chi connectivity index (χ0v) is 36.0. The van der Waals surface area contributed by atoms with Gasteiger partial charge in [-0.05, 0) is 115 Å². The molecule has 0 unspecified atom stereocenters. The van der Waals surface area contributed by atoms with E-state index in [1.54, 1.807) is 10.6 Å². The summed E-state index contributed by atoms with van der Waals surface area (Å²) in [7, 11) is 0.586. The van der Waals surface area contributed by atoms with Gasteiger partial charge in [-0.25, -0.2) is 0 Å². The van der Waals surface area contributed by atoms with Crippen LogP contribution in [0.1, 0.15) is 65.4 Å². The Kier molecular flexibility index (Phi) is 13.7. The smallest absolute Gasteiger partial charge is 0.0318 e. The first-order chi connectivity index (χ1) is 25.9. The van der Waals surface area contributed by atoms with Crippen LogP contribution in [0.15, 0.2) is 140 Å². The van der Waals surface area contributed by atoms with E-state index in [0.717, 1.165) is 42.3 Å². The van der Waals surface area contributed by atoms with Crippen molar-refractivity contribution in [2.45, 2.75) is 89.0 Å².